The first-order chi connectivity index (χ1) is 14.2. The Hall–Kier alpha value is -3.28. The Kier molecular flexibility index (Phi) is 5.51. The molecule has 144 valence electrons. The number of anilines is 1. The van der Waals surface area contributed by atoms with Gasteiger partial charge in [0, 0.05) is 15.3 Å². The van der Waals surface area contributed by atoms with Gasteiger partial charge in [0.2, 0.25) is 0 Å². The van der Waals surface area contributed by atoms with Crippen molar-refractivity contribution in [3.8, 4) is 22.3 Å². The van der Waals surface area contributed by atoms with Gasteiger partial charge in [-0.2, -0.15) is 10.4 Å². The summed E-state index contributed by atoms with van der Waals surface area (Å²) in [5.74, 6) is 1.31. The number of hydrogen-bond acceptors (Lipinski definition) is 8. The first kappa shape index (κ1) is 19.1. The van der Waals surface area contributed by atoms with E-state index in [4.69, 9.17) is 4.74 Å². The SMILES string of the molecule is CCOc1ccccc1-c1sc2c(NN=Cc3ccc(C)s3)ncnc2c1C#N. The summed E-state index contributed by atoms with van der Waals surface area (Å²) in [5, 5.41) is 14.1. The maximum Gasteiger partial charge on any atom is 0.167 e. The van der Waals surface area contributed by atoms with Gasteiger partial charge in [0.1, 0.15) is 23.7 Å². The van der Waals surface area contributed by atoms with Gasteiger partial charge in [0.25, 0.3) is 0 Å². The van der Waals surface area contributed by atoms with Crippen LogP contribution in [0.4, 0.5) is 5.82 Å². The van der Waals surface area contributed by atoms with E-state index in [0.717, 1.165) is 25.8 Å². The Morgan fingerprint density at radius 3 is 2.83 bits per heavy atom. The van der Waals surface area contributed by atoms with Crippen molar-refractivity contribution >= 4 is 44.9 Å². The Morgan fingerprint density at radius 2 is 2.07 bits per heavy atom. The van der Waals surface area contributed by atoms with Gasteiger partial charge in [-0.15, -0.1) is 22.7 Å². The molecule has 0 aliphatic heterocycles. The molecule has 1 aromatic carbocycles. The van der Waals surface area contributed by atoms with Gasteiger partial charge in [0.05, 0.1) is 28.0 Å². The predicted octanol–water partition coefficient (Wildman–Crippen LogP) is 5.44. The fourth-order valence-electron chi connectivity index (χ4n) is 2.90. The zero-order valence-electron chi connectivity index (χ0n) is 15.8. The van der Waals surface area contributed by atoms with Crippen LogP contribution >= 0.6 is 22.7 Å². The van der Waals surface area contributed by atoms with E-state index in [1.807, 2.05) is 37.3 Å². The number of hydrazone groups is 1. The summed E-state index contributed by atoms with van der Waals surface area (Å²) >= 11 is 3.12. The van der Waals surface area contributed by atoms with Crippen LogP contribution in [0, 0.1) is 18.3 Å². The molecule has 4 rings (SSSR count). The molecule has 0 fully saturated rings. The Balaban J connectivity index is 1.76. The molecule has 0 radical (unpaired) electrons. The average molecular weight is 420 g/mol. The summed E-state index contributed by atoms with van der Waals surface area (Å²) in [6, 6.07) is 14.1. The molecule has 0 bridgehead atoms. The lowest BCUT2D eigenvalue weighted by Crippen LogP contribution is -1.94. The summed E-state index contributed by atoms with van der Waals surface area (Å²) in [6.07, 6.45) is 3.21. The maximum atomic E-state index is 9.81. The summed E-state index contributed by atoms with van der Waals surface area (Å²) in [5.41, 5.74) is 4.99. The number of benzene rings is 1. The highest BCUT2D eigenvalue weighted by Gasteiger charge is 2.20. The molecule has 3 heterocycles. The second-order valence-electron chi connectivity index (χ2n) is 6.07. The van der Waals surface area contributed by atoms with Crippen LogP contribution in [0.5, 0.6) is 5.75 Å². The highest BCUT2D eigenvalue weighted by Crippen LogP contribution is 2.43. The number of thiophene rings is 2. The van der Waals surface area contributed by atoms with Crippen LogP contribution in [0.15, 0.2) is 47.8 Å². The van der Waals surface area contributed by atoms with Crippen LogP contribution in [0.2, 0.25) is 0 Å². The van der Waals surface area contributed by atoms with E-state index in [0.29, 0.717) is 23.5 Å². The quantitative estimate of drug-likeness (QED) is 0.332. The van der Waals surface area contributed by atoms with Gasteiger partial charge < -0.3 is 4.74 Å². The molecule has 0 saturated heterocycles. The molecule has 29 heavy (non-hydrogen) atoms. The minimum atomic E-state index is 0.514. The van der Waals surface area contributed by atoms with E-state index in [1.54, 1.807) is 17.6 Å². The molecule has 0 atom stereocenters. The average Bonchev–Trinajstić information content (AvgIpc) is 3.32. The number of nitrogens with one attached hydrogen (secondary N) is 1. The van der Waals surface area contributed by atoms with Crippen molar-refractivity contribution in [2.24, 2.45) is 5.10 Å². The number of nitriles is 1. The van der Waals surface area contributed by atoms with Crippen LogP contribution in [0.25, 0.3) is 20.7 Å². The summed E-state index contributed by atoms with van der Waals surface area (Å²) in [4.78, 5) is 11.8. The van der Waals surface area contributed by atoms with E-state index >= 15 is 0 Å². The van der Waals surface area contributed by atoms with Crippen LogP contribution in [0.3, 0.4) is 0 Å². The third-order valence-electron chi connectivity index (χ3n) is 4.14. The van der Waals surface area contributed by atoms with Crippen molar-refractivity contribution in [1.82, 2.24) is 9.97 Å². The number of ether oxygens (including phenoxy) is 1. The highest BCUT2D eigenvalue weighted by atomic mass is 32.1. The Morgan fingerprint density at radius 1 is 1.21 bits per heavy atom. The molecule has 3 aromatic heterocycles. The molecule has 0 aliphatic carbocycles. The van der Waals surface area contributed by atoms with Crippen molar-refractivity contribution in [2.75, 3.05) is 12.0 Å². The van der Waals surface area contributed by atoms with Gasteiger partial charge in [-0.3, -0.25) is 5.43 Å². The lowest BCUT2D eigenvalue weighted by Gasteiger charge is -2.08. The Bertz CT molecular complexity index is 1240. The lowest BCUT2D eigenvalue weighted by atomic mass is 10.1. The Labute approximate surface area is 176 Å². The monoisotopic (exact) mass is 419 g/mol. The zero-order valence-corrected chi connectivity index (χ0v) is 17.5. The van der Waals surface area contributed by atoms with Gasteiger partial charge in [0.15, 0.2) is 5.82 Å². The van der Waals surface area contributed by atoms with Crippen molar-refractivity contribution in [3.63, 3.8) is 0 Å². The number of nitrogens with zero attached hydrogens (tertiary/aromatic N) is 4. The number of hydrogen-bond donors (Lipinski definition) is 1. The van der Waals surface area contributed by atoms with E-state index in [1.165, 1.54) is 22.5 Å². The summed E-state index contributed by atoms with van der Waals surface area (Å²) in [6.45, 7) is 4.54. The zero-order chi connectivity index (χ0) is 20.2. The van der Waals surface area contributed by atoms with Crippen LogP contribution < -0.4 is 10.2 Å². The lowest BCUT2D eigenvalue weighted by molar-refractivity contribution is 0.341. The van der Waals surface area contributed by atoms with Gasteiger partial charge in [-0.1, -0.05) is 12.1 Å². The molecule has 8 heteroatoms. The van der Waals surface area contributed by atoms with Gasteiger partial charge >= 0.3 is 0 Å². The molecule has 0 unspecified atom stereocenters. The number of para-hydroxylation sites is 1. The van der Waals surface area contributed by atoms with Gasteiger partial charge in [-0.05, 0) is 38.1 Å². The second kappa shape index (κ2) is 8.39. The molecule has 4 aromatic rings. The standard InChI is InChI=1S/C21H17N5OS2/c1-3-27-17-7-5-4-6-15(17)19-16(10-22)18-20(29-19)21(24-12-23-18)26-25-11-14-9-8-13(2)28-14/h4-9,11-12H,3H2,1-2H3,(H,23,24,26). The van der Waals surface area contributed by atoms with Crippen molar-refractivity contribution in [2.45, 2.75) is 13.8 Å². The molecular weight excluding hydrogens is 402 g/mol. The van der Waals surface area contributed by atoms with E-state index in [9.17, 15) is 5.26 Å². The highest BCUT2D eigenvalue weighted by molar-refractivity contribution is 7.23. The molecule has 0 amide bonds. The number of aryl methyl sites for hydroxylation is 1. The van der Waals surface area contributed by atoms with Crippen molar-refractivity contribution < 1.29 is 4.74 Å². The van der Waals surface area contributed by atoms with Crippen LogP contribution in [0.1, 0.15) is 22.2 Å². The molecule has 1 N–H and O–H groups in total. The topological polar surface area (TPSA) is 83.2 Å². The number of aromatic nitrogens is 2. The normalized spacial score (nSPS) is 11.1. The minimum Gasteiger partial charge on any atom is -0.493 e. The van der Waals surface area contributed by atoms with Gasteiger partial charge in [-0.25, -0.2) is 9.97 Å². The first-order valence-electron chi connectivity index (χ1n) is 8.96. The third kappa shape index (κ3) is 3.83. The van der Waals surface area contributed by atoms with E-state index in [2.05, 4.69) is 39.6 Å². The summed E-state index contributed by atoms with van der Waals surface area (Å²) in [7, 11) is 0. The fourth-order valence-corrected chi connectivity index (χ4v) is 4.82. The number of rotatable bonds is 6. The van der Waals surface area contributed by atoms with E-state index in [-0.39, 0.29) is 0 Å². The molecule has 0 aliphatic rings. The van der Waals surface area contributed by atoms with E-state index < -0.39 is 0 Å². The molecule has 0 spiro atoms. The molecule has 6 nitrogen and oxygen atoms in total. The third-order valence-corrected chi connectivity index (χ3v) is 6.29. The summed E-state index contributed by atoms with van der Waals surface area (Å²) < 4.78 is 6.54. The number of fused-ring (bicyclic) bond motifs is 1. The van der Waals surface area contributed by atoms with Crippen LogP contribution in [-0.4, -0.2) is 22.8 Å². The largest absolute Gasteiger partial charge is 0.493 e. The fraction of sp³-hybridized carbons (Fsp3) is 0.143. The second-order valence-corrected chi connectivity index (χ2v) is 8.41. The minimum absolute atomic E-state index is 0.514. The molecular formula is C21H17N5OS2. The predicted molar refractivity (Wildman–Crippen MR) is 119 cm³/mol. The maximum absolute atomic E-state index is 9.81. The first-order valence-corrected chi connectivity index (χ1v) is 10.6. The van der Waals surface area contributed by atoms with Crippen molar-refractivity contribution in [1.29, 1.82) is 5.26 Å². The van der Waals surface area contributed by atoms with Crippen molar-refractivity contribution in [3.05, 3.63) is 58.0 Å². The smallest absolute Gasteiger partial charge is 0.167 e. The molecule has 0 saturated carbocycles. The van der Waals surface area contributed by atoms with Crippen LogP contribution in [-0.2, 0) is 0 Å².